The molecule has 1 amide bonds. The van der Waals surface area contributed by atoms with E-state index in [0.717, 1.165) is 24.6 Å². The number of benzene rings is 1. The van der Waals surface area contributed by atoms with Crippen molar-refractivity contribution in [2.45, 2.75) is 38.6 Å². The Kier molecular flexibility index (Phi) is 6.71. The van der Waals surface area contributed by atoms with Crippen molar-refractivity contribution in [1.29, 1.82) is 0 Å². The Morgan fingerprint density at radius 2 is 1.81 bits per heavy atom. The molecule has 0 aliphatic carbocycles. The summed E-state index contributed by atoms with van der Waals surface area (Å²) in [4.78, 5) is 26.5. The van der Waals surface area contributed by atoms with Crippen molar-refractivity contribution in [3.63, 3.8) is 0 Å². The second-order valence-corrected chi connectivity index (χ2v) is 7.81. The molecule has 1 aromatic heterocycles. The Hall–Kier alpha value is -1.83. The highest BCUT2D eigenvalue weighted by Crippen LogP contribution is 2.19. The number of amides is 1. The SMILES string of the molecule is O=C(CCC(=O)c1ccc(Cl)cc1)Nc1nnc(CN2CCCCC2)s1. The number of carbonyl (C=O) groups excluding carboxylic acids is 2. The molecule has 0 spiro atoms. The Bertz CT molecular complexity index is 757. The molecule has 1 N–H and O–H groups in total. The summed E-state index contributed by atoms with van der Waals surface area (Å²) < 4.78 is 0. The van der Waals surface area contributed by atoms with Crippen molar-refractivity contribution < 1.29 is 9.59 Å². The first kappa shape index (κ1) is 18.9. The minimum Gasteiger partial charge on any atom is -0.301 e. The van der Waals surface area contributed by atoms with Gasteiger partial charge in [0.05, 0.1) is 6.54 Å². The van der Waals surface area contributed by atoms with Crippen LogP contribution < -0.4 is 5.32 Å². The molecule has 0 radical (unpaired) electrons. The van der Waals surface area contributed by atoms with E-state index in [2.05, 4.69) is 20.4 Å². The van der Waals surface area contributed by atoms with Crippen LogP contribution in [0.3, 0.4) is 0 Å². The van der Waals surface area contributed by atoms with Crippen molar-refractivity contribution in [2.75, 3.05) is 18.4 Å². The van der Waals surface area contributed by atoms with Gasteiger partial charge in [-0.3, -0.25) is 14.5 Å². The summed E-state index contributed by atoms with van der Waals surface area (Å²) in [5, 5.41) is 12.9. The van der Waals surface area contributed by atoms with E-state index in [-0.39, 0.29) is 24.5 Å². The third-order valence-electron chi connectivity index (χ3n) is 4.27. The van der Waals surface area contributed by atoms with E-state index in [9.17, 15) is 9.59 Å². The largest absolute Gasteiger partial charge is 0.301 e. The summed E-state index contributed by atoms with van der Waals surface area (Å²) in [5.41, 5.74) is 0.557. The molecule has 26 heavy (non-hydrogen) atoms. The maximum absolute atomic E-state index is 12.1. The number of piperidine rings is 1. The Morgan fingerprint density at radius 3 is 2.54 bits per heavy atom. The monoisotopic (exact) mass is 392 g/mol. The Labute approximate surface area is 161 Å². The van der Waals surface area contributed by atoms with E-state index in [4.69, 9.17) is 11.6 Å². The lowest BCUT2D eigenvalue weighted by Crippen LogP contribution is -2.28. The van der Waals surface area contributed by atoms with Gasteiger partial charge in [0.1, 0.15) is 5.01 Å². The van der Waals surface area contributed by atoms with Crippen LogP contribution in [0.2, 0.25) is 5.02 Å². The fraction of sp³-hybridized carbons (Fsp3) is 0.444. The predicted molar refractivity (Wildman–Crippen MR) is 103 cm³/mol. The second kappa shape index (κ2) is 9.21. The molecule has 3 rings (SSSR count). The first-order valence-corrected chi connectivity index (χ1v) is 9.93. The number of halogens is 1. The number of likely N-dealkylation sites (tertiary alicyclic amines) is 1. The van der Waals surface area contributed by atoms with Crippen LogP contribution in [0.15, 0.2) is 24.3 Å². The van der Waals surface area contributed by atoms with Crippen LogP contribution in [0.1, 0.15) is 47.5 Å². The fourth-order valence-corrected chi connectivity index (χ4v) is 3.79. The van der Waals surface area contributed by atoms with Gasteiger partial charge in [0.15, 0.2) is 5.78 Å². The number of anilines is 1. The van der Waals surface area contributed by atoms with E-state index < -0.39 is 0 Å². The van der Waals surface area contributed by atoms with Gasteiger partial charge in [-0.2, -0.15) is 0 Å². The zero-order valence-corrected chi connectivity index (χ0v) is 16.0. The van der Waals surface area contributed by atoms with E-state index in [1.54, 1.807) is 24.3 Å². The molecule has 2 aromatic rings. The summed E-state index contributed by atoms with van der Waals surface area (Å²) in [7, 11) is 0. The van der Waals surface area contributed by atoms with Gasteiger partial charge in [-0.1, -0.05) is 29.4 Å². The highest BCUT2D eigenvalue weighted by atomic mass is 35.5. The average molecular weight is 393 g/mol. The number of hydrogen-bond acceptors (Lipinski definition) is 6. The minimum absolute atomic E-state index is 0.0835. The minimum atomic E-state index is -0.229. The van der Waals surface area contributed by atoms with Gasteiger partial charge in [0, 0.05) is 23.4 Å². The Balaban J connectivity index is 1.44. The number of nitrogens with zero attached hydrogens (tertiary/aromatic N) is 3. The quantitative estimate of drug-likeness (QED) is 0.726. The molecule has 2 heterocycles. The topological polar surface area (TPSA) is 75.2 Å². The molecule has 138 valence electrons. The van der Waals surface area contributed by atoms with Crippen LogP contribution in [0.5, 0.6) is 0 Å². The molecule has 1 aromatic carbocycles. The van der Waals surface area contributed by atoms with Gasteiger partial charge in [-0.15, -0.1) is 10.2 Å². The lowest BCUT2D eigenvalue weighted by molar-refractivity contribution is -0.116. The lowest BCUT2D eigenvalue weighted by Gasteiger charge is -2.24. The van der Waals surface area contributed by atoms with Crippen LogP contribution >= 0.6 is 22.9 Å². The lowest BCUT2D eigenvalue weighted by atomic mass is 10.1. The van der Waals surface area contributed by atoms with Crippen LogP contribution in [0, 0.1) is 0 Å². The van der Waals surface area contributed by atoms with Crippen LogP contribution in [-0.4, -0.2) is 39.9 Å². The molecule has 1 aliphatic heterocycles. The van der Waals surface area contributed by atoms with Gasteiger partial charge in [-0.25, -0.2) is 0 Å². The van der Waals surface area contributed by atoms with E-state index in [0.29, 0.717) is 15.7 Å². The molecule has 0 saturated carbocycles. The summed E-state index contributed by atoms with van der Waals surface area (Å²) in [6.07, 6.45) is 4.01. The van der Waals surface area contributed by atoms with Crippen molar-refractivity contribution >= 4 is 39.8 Å². The number of carbonyl (C=O) groups is 2. The summed E-state index contributed by atoms with van der Waals surface area (Å²) >= 11 is 7.20. The zero-order chi connectivity index (χ0) is 18.4. The number of hydrogen-bond donors (Lipinski definition) is 1. The van der Waals surface area contributed by atoms with E-state index in [1.807, 2.05) is 0 Å². The van der Waals surface area contributed by atoms with Crippen molar-refractivity contribution in [3.8, 4) is 0 Å². The van der Waals surface area contributed by atoms with Gasteiger partial charge in [0.25, 0.3) is 0 Å². The normalized spacial score (nSPS) is 15.0. The zero-order valence-electron chi connectivity index (χ0n) is 14.4. The van der Waals surface area contributed by atoms with Gasteiger partial charge < -0.3 is 5.32 Å². The molecular weight excluding hydrogens is 372 g/mol. The standard InChI is InChI=1S/C18H21ClN4O2S/c19-14-6-4-13(5-7-14)15(24)8-9-16(25)20-18-22-21-17(26-18)12-23-10-2-1-3-11-23/h4-7H,1-3,8-12H2,(H,20,22,25). The first-order valence-electron chi connectivity index (χ1n) is 8.73. The number of nitrogens with one attached hydrogen (secondary N) is 1. The highest BCUT2D eigenvalue weighted by molar-refractivity contribution is 7.15. The van der Waals surface area contributed by atoms with E-state index >= 15 is 0 Å². The number of aromatic nitrogens is 2. The molecule has 6 nitrogen and oxygen atoms in total. The van der Waals surface area contributed by atoms with Crippen molar-refractivity contribution in [1.82, 2.24) is 15.1 Å². The molecule has 8 heteroatoms. The molecule has 1 saturated heterocycles. The second-order valence-electron chi connectivity index (χ2n) is 6.32. The van der Waals surface area contributed by atoms with Crippen molar-refractivity contribution in [3.05, 3.63) is 39.9 Å². The maximum Gasteiger partial charge on any atom is 0.226 e. The number of ketones is 1. The summed E-state index contributed by atoms with van der Waals surface area (Å²) in [6.45, 7) is 2.96. The summed E-state index contributed by atoms with van der Waals surface area (Å²) in [6, 6.07) is 6.67. The van der Waals surface area contributed by atoms with Crippen LogP contribution in [0.25, 0.3) is 0 Å². The molecular formula is C18H21ClN4O2S. The molecule has 0 unspecified atom stereocenters. The van der Waals surface area contributed by atoms with Gasteiger partial charge in [0.2, 0.25) is 11.0 Å². The van der Waals surface area contributed by atoms with Crippen LogP contribution in [0.4, 0.5) is 5.13 Å². The number of rotatable bonds is 7. The molecule has 1 fully saturated rings. The first-order chi connectivity index (χ1) is 12.6. The van der Waals surface area contributed by atoms with Crippen LogP contribution in [-0.2, 0) is 11.3 Å². The highest BCUT2D eigenvalue weighted by Gasteiger charge is 2.15. The third-order valence-corrected chi connectivity index (χ3v) is 5.34. The predicted octanol–water partition coefficient (Wildman–Crippen LogP) is 3.78. The molecule has 1 aliphatic rings. The van der Waals surface area contributed by atoms with Crippen molar-refractivity contribution in [2.24, 2.45) is 0 Å². The third kappa shape index (κ3) is 5.59. The Morgan fingerprint density at radius 1 is 1.08 bits per heavy atom. The fourth-order valence-electron chi connectivity index (χ4n) is 2.87. The summed E-state index contributed by atoms with van der Waals surface area (Å²) in [5.74, 6) is -0.312. The molecule has 0 bridgehead atoms. The van der Waals surface area contributed by atoms with Gasteiger partial charge >= 0.3 is 0 Å². The van der Waals surface area contributed by atoms with Gasteiger partial charge in [-0.05, 0) is 50.2 Å². The molecule has 0 atom stereocenters. The smallest absolute Gasteiger partial charge is 0.226 e. The number of Topliss-reactive ketones (excluding diaryl/α,β-unsaturated/α-hetero) is 1. The average Bonchev–Trinajstić information content (AvgIpc) is 3.08. The van der Waals surface area contributed by atoms with E-state index in [1.165, 1.54) is 30.6 Å². The maximum atomic E-state index is 12.1.